The monoisotopic (exact) mass is 1050 g/mol. The van der Waals surface area contributed by atoms with E-state index in [1.54, 1.807) is 6.08 Å². The summed E-state index contributed by atoms with van der Waals surface area (Å²) in [5, 5.41) is 13.8. The quantitative estimate of drug-likeness (QED) is 0.0272. The van der Waals surface area contributed by atoms with Gasteiger partial charge >= 0.3 is 0 Å². The maximum atomic E-state index is 12.9. The number of amides is 1. The molecule has 0 spiro atoms. The molecule has 9 heteroatoms. The van der Waals surface area contributed by atoms with Crippen LogP contribution >= 0.6 is 7.82 Å². The minimum absolute atomic E-state index is 0.0107. The number of phosphoric acid groups is 1. The molecule has 0 aliphatic rings. The first-order chi connectivity index (χ1) is 36.0. The minimum atomic E-state index is -4.60. The van der Waals surface area contributed by atoms with Crippen molar-refractivity contribution in [1.29, 1.82) is 0 Å². The number of quaternary nitrogens is 1. The average Bonchev–Trinajstić information content (AvgIpc) is 3.36. The number of likely N-dealkylation sites (N-methyl/N-ethyl adjacent to an activating group) is 1. The van der Waals surface area contributed by atoms with Crippen LogP contribution in [0.1, 0.15) is 258 Å². The van der Waals surface area contributed by atoms with Gasteiger partial charge in [-0.15, -0.1) is 0 Å². The fourth-order valence-corrected chi connectivity index (χ4v) is 9.24. The summed E-state index contributed by atoms with van der Waals surface area (Å²) in [6.45, 7) is 4.43. The molecule has 0 aliphatic heterocycles. The number of carbonyl (C=O) groups excluding carboxylic acids is 1. The first-order valence-corrected chi connectivity index (χ1v) is 32.1. The van der Waals surface area contributed by atoms with Crippen LogP contribution in [-0.2, 0) is 18.4 Å². The summed E-state index contributed by atoms with van der Waals surface area (Å²) >= 11 is 0. The number of aliphatic hydroxyl groups is 1. The highest BCUT2D eigenvalue weighted by Gasteiger charge is 2.23. The Morgan fingerprint density at radius 1 is 0.486 bits per heavy atom. The Labute approximate surface area is 458 Å². The summed E-state index contributed by atoms with van der Waals surface area (Å²) in [7, 11) is 1.23. The summed E-state index contributed by atoms with van der Waals surface area (Å²) in [6.07, 6.45) is 79.7. The Bertz CT molecular complexity index is 1520. The van der Waals surface area contributed by atoms with E-state index in [4.69, 9.17) is 9.05 Å². The number of unbranched alkanes of at least 4 members (excludes halogenated alkanes) is 28. The van der Waals surface area contributed by atoms with Crippen LogP contribution in [0, 0.1) is 0 Å². The normalized spacial score (nSPS) is 14.5. The zero-order chi connectivity index (χ0) is 54.2. The van der Waals surface area contributed by atoms with Crippen molar-refractivity contribution in [2.75, 3.05) is 40.9 Å². The molecule has 1 amide bonds. The number of nitrogens with zero attached hydrogens (tertiary/aromatic N) is 1. The van der Waals surface area contributed by atoms with Gasteiger partial charge in [-0.2, -0.15) is 0 Å². The zero-order valence-electron chi connectivity index (χ0n) is 48.8. The number of phosphoric ester groups is 1. The topological polar surface area (TPSA) is 108 Å². The standard InChI is InChI=1S/C65H117N2O6P/c1-6-8-10-12-14-16-18-19-20-21-22-23-24-25-26-27-28-29-30-31-32-33-34-35-36-37-38-39-40-41-42-43-44-45-46-47-49-51-53-55-57-59-65(69)66-63(62-73-74(70,71)72-61-60-67(3,4)5)64(68)58-56-54-52-50-48-17-15-13-11-9-7-2/h8,10-11,13-14,16,19-20,22-23,25-26,48,50,56,58,63-64,68H,6-7,9,12,15,17-18,21,24,27-47,49,51-55,57,59-62H2,1-5H3,(H-,66,69,70,71)/b10-8-,13-11+,16-14-,20-19-,23-22-,26-25-,50-48+,58-56+. The van der Waals surface area contributed by atoms with Crippen molar-refractivity contribution in [1.82, 2.24) is 5.32 Å². The SMILES string of the molecule is CC/C=C\C/C=C\C/C=C\C/C=C\C/C=C\CCCCCCCCCCCCCCCCCCCCCCCCCCCC(=O)NC(COP(=O)([O-])OCC[N+](C)(C)C)C(O)/C=C/CC/C=C/CC/C=C/CCC. The minimum Gasteiger partial charge on any atom is -0.756 e. The molecule has 0 radical (unpaired) electrons. The number of carbonyl (C=O) groups is 1. The second-order valence-electron chi connectivity index (χ2n) is 21.7. The summed E-state index contributed by atoms with van der Waals surface area (Å²) < 4.78 is 23.2. The lowest BCUT2D eigenvalue weighted by Crippen LogP contribution is -2.45. The van der Waals surface area contributed by atoms with Crippen molar-refractivity contribution in [3.05, 3.63) is 97.2 Å². The van der Waals surface area contributed by atoms with Crippen LogP contribution in [-0.4, -0.2) is 68.5 Å². The predicted octanol–water partition coefficient (Wildman–Crippen LogP) is 18.4. The fourth-order valence-electron chi connectivity index (χ4n) is 8.51. The number of aliphatic hydroxyl groups excluding tert-OH is 1. The third-order valence-corrected chi connectivity index (χ3v) is 14.2. The van der Waals surface area contributed by atoms with Crippen LogP contribution in [0.4, 0.5) is 0 Å². The van der Waals surface area contributed by atoms with E-state index < -0.39 is 26.6 Å². The average molecular weight is 1050 g/mol. The molecule has 8 nitrogen and oxygen atoms in total. The Balaban J connectivity index is 3.85. The molecule has 3 unspecified atom stereocenters. The number of hydrogen-bond donors (Lipinski definition) is 2. The predicted molar refractivity (Wildman–Crippen MR) is 320 cm³/mol. The molecule has 0 aromatic rings. The van der Waals surface area contributed by atoms with Crippen LogP contribution in [0.3, 0.4) is 0 Å². The van der Waals surface area contributed by atoms with Crippen LogP contribution in [0.2, 0.25) is 0 Å². The van der Waals surface area contributed by atoms with Crippen molar-refractivity contribution in [2.45, 2.75) is 270 Å². The summed E-state index contributed by atoms with van der Waals surface area (Å²) in [6, 6.07) is -0.910. The van der Waals surface area contributed by atoms with Gasteiger partial charge in [-0.3, -0.25) is 9.36 Å². The highest BCUT2D eigenvalue weighted by molar-refractivity contribution is 7.45. The van der Waals surface area contributed by atoms with Crippen LogP contribution < -0.4 is 10.2 Å². The van der Waals surface area contributed by atoms with E-state index in [0.717, 1.165) is 83.5 Å². The Hall–Kier alpha value is -2.58. The molecule has 0 fully saturated rings. The largest absolute Gasteiger partial charge is 0.756 e. The molecule has 0 heterocycles. The first kappa shape index (κ1) is 71.4. The molecule has 0 bridgehead atoms. The van der Waals surface area contributed by atoms with Crippen LogP contribution in [0.25, 0.3) is 0 Å². The molecule has 0 aliphatic carbocycles. The van der Waals surface area contributed by atoms with Gasteiger partial charge in [-0.25, -0.2) is 0 Å². The van der Waals surface area contributed by atoms with Gasteiger partial charge in [0.05, 0.1) is 39.9 Å². The highest BCUT2D eigenvalue weighted by atomic mass is 31.2. The fraction of sp³-hybridized carbons (Fsp3) is 0.738. The van der Waals surface area contributed by atoms with Crippen molar-refractivity contribution in [3.8, 4) is 0 Å². The van der Waals surface area contributed by atoms with Crippen molar-refractivity contribution < 1.29 is 32.9 Å². The summed E-state index contributed by atoms with van der Waals surface area (Å²) in [5.74, 6) is -0.212. The molecule has 0 saturated carbocycles. The molecule has 0 aromatic carbocycles. The summed E-state index contributed by atoms with van der Waals surface area (Å²) in [4.78, 5) is 25.4. The van der Waals surface area contributed by atoms with E-state index in [-0.39, 0.29) is 12.5 Å². The first-order valence-electron chi connectivity index (χ1n) is 30.6. The third kappa shape index (κ3) is 57.1. The Morgan fingerprint density at radius 2 is 0.838 bits per heavy atom. The summed E-state index contributed by atoms with van der Waals surface area (Å²) in [5.41, 5.74) is 0. The van der Waals surface area contributed by atoms with Crippen LogP contribution in [0.5, 0.6) is 0 Å². The van der Waals surface area contributed by atoms with Gasteiger partial charge in [-0.05, 0) is 83.5 Å². The Morgan fingerprint density at radius 3 is 1.24 bits per heavy atom. The highest BCUT2D eigenvalue weighted by Crippen LogP contribution is 2.38. The lowest BCUT2D eigenvalue weighted by molar-refractivity contribution is -0.870. The van der Waals surface area contributed by atoms with Gasteiger partial charge in [0, 0.05) is 6.42 Å². The maximum absolute atomic E-state index is 12.9. The number of allylic oxidation sites excluding steroid dienone is 15. The molecule has 428 valence electrons. The molecule has 74 heavy (non-hydrogen) atoms. The van der Waals surface area contributed by atoms with Gasteiger partial charge in [-0.1, -0.05) is 265 Å². The molecule has 2 N–H and O–H groups in total. The lowest BCUT2D eigenvalue weighted by Gasteiger charge is -2.29. The van der Waals surface area contributed by atoms with Gasteiger partial charge in [0.1, 0.15) is 13.2 Å². The van der Waals surface area contributed by atoms with Crippen molar-refractivity contribution in [3.63, 3.8) is 0 Å². The van der Waals surface area contributed by atoms with Crippen molar-refractivity contribution >= 4 is 13.7 Å². The maximum Gasteiger partial charge on any atom is 0.268 e. The smallest absolute Gasteiger partial charge is 0.268 e. The second-order valence-corrected chi connectivity index (χ2v) is 23.1. The number of rotatable bonds is 55. The number of nitrogens with one attached hydrogen (secondary N) is 1. The van der Waals surface area contributed by atoms with Crippen LogP contribution in [0.15, 0.2) is 97.2 Å². The van der Waals surface area contributed by atoms with Gasteiger partial charge in [0.2, 0.25) is 5.91 Å². The zero-order valence-corrected chi connectivity index (χ0v) is 49.7. The molecule has 0 rings (SSSR count). The van der Waals surface area contributed by atoms with E-state index in [1.165, 1.54) is 154 Å². The molecule has 0 saturated heterocycles. The molecular formula is C65H117N2O6P. The molecular weight excluding hydrogens is 936 g/mol. The lowest BCUT2D eigenvalue weighted by atomic mass is 10.0. The second kappa shape index (κ2) is 55.2. The van der Waals surface area contributed by atoms with E-state index >= 15 is 0 Å². The van der Waals surface area contributed by atoms with E-state index in [1.807, 2.05) is 27.2 Å². The van der Waals surface area contributed by atoms with E-state index in [9.17, 15) is 19.4 Å². The van der Waals surface area contributed by atoms with E-state index in [0.29, 0.717) is 17.4 Å². The van der Waals surface area contributed by atoms with Gasteiger partial charge in [0.15, 0.2) is 0 Å². The van der Waals surface area contributed by atoms with Crippen molar-refractivity contribution in [2.24, 2.45) is 0 Å². The van der Waals surface area contributed by atoms with Gasteiger partial charge in [0.25, 0.3) is 7.82 Å². The number of hydrogen-bond acceptors (Lipinski definition) is 6. The van der Waals surface area contributed by atoms with E-state index in [2.05, 4.69) is 104 Å². The molecule has 3 atom stereocenters. The van der Waals surface area contributed by atoms with Gasteiger partial charge < -0.3 is 28.8 Å². The third-order valence-electron chi connectivity index (χ3n) is 13.2. The Kier molecular flexibility index (Phi) is 53.3. The molecule has 0 aromatic heterocycles.